The smallest absolute Gasteiger partial charge is 0.373 e. The van der Waals surface area contributed by atoms with E-state index in [1.54, 1.807) is 36.6 Å². The molecule has 3 fully saturated rings. The third kappa shape index (κ3) is 4.80. The van der Waals surface area contributed by atoms with Crippen LogP contribution >= 0.6 is 0 Å². The molecule has 4 aromatic rings. The Kier molecular flexibility index (Phi) is 6.12. The SMILES string of the molecule is CC(C)c1nn(CC(=O)Nc2ccc3nncn3c2)c(=O)cc1Nc1cnn(CC23CC(CO2)C3)c1C(F)(F)F. The van der Waals surface area contributed by atoms with Crippen LogP contribution in [0.15, 0.2) is 41.7 Å². The number of rotatable bonds is 8. The second kappa shape index (κ2) is 9.43. The number of carbonyl (C=O) groups is 1. The molecule has 1 saturated carbocycles. The Morgan fingerprint density at radius 2 is 2.02 bits per heavy atom. The van der Waals surface area contributed by atoms with Crippen LogP contribution < -0.4 is 16.2 Å². The summed E-state index contributed by atoms with van der Waals surface area (Å²) in [6, 6.07) is 4.46. The fourth-order valence-electron chi connectivity index (χ4n) is 5.39. The molecular weight excluding hydrogens is 531 g/mol. The van der Waals surface area contributed by atoms with E-state index in [1.165, 1.54) is 6.33 Å². The molecule has 1 aliphatic carbocycles. The van der Waals surface area contributed by atoms with Gasteiger partial charge in [0.05, 0.1) is 47.7 Å². The number of aromatic nitrogens is 7. The highest BCUT2D eigenvalue weighted by Crippen LogP contribution is 2.50. The van der Waals surface area contributed by atoms with Crippen molar-refractivity contribution in [2.24, 2.45) is 5.92 Å². The highest BCUT2D eigenvalue weighted by Gasteiger charge is 2.53. The van der Waals surface area contributed by atoms with Crippen molar-refractivity contribution in [1.82, 2.24) is 34.2 Å². The molecule has 2 bridgehead atoms. The van der Waals surface area contributed by atoms with Crippen molar-refractivity contribution in [1.29, 1.82) is 0 Å². The minimum Gasteiger partial charge on any atom is -0.373 e. The van der Waals surface area contributed by atoms with E-state index in [2.05, 4.69) is 31.0 Å². The first-order chi connectivity index (χ1) is 19.0. The summed E-state index contributed by atoms with van der Waals surface area (Å²) in [6.45, 7) is 3.73. The van der Waals surface area contributed by atoms with E-state index in [-0.39, 0.29) is 23.8 Å². The number of carbonyl (C=O) groups excluding carboxylic acids is 1. The van der Waals surface area contributed by atoms with Crippen LogP contribution in [0.2, 0.25) is 0 Å². The van der Waals surface area contributed by atoms with Gasteiger partial charge in [0, 0.05) is 12.3 Å². The van der Waals surface area contributed by atoms with Crippen LogP contribution in [0.25, 0.3) is 5.65 Å². The minimum atomic E-state index is -4.70. The molecule has 1 amide bonds. The van der Waals surface area contributed by atoms with Crippen molar-refractivity contribution in [2.45, 2.75) is 57.5 Å². The average Bonchev–Trinajstić information content (AvgIpc) is 3.64. The Bertz CT molecular complexity index is 1640. The monoisotopic (exact) mass is 557 g/mol. The van der Waals surface area contributed by atoms with Gasteiger partial charge < -0.3 is 15.4 Å². The first kappa shape index (κ1) is 26.0. The van der Waals surface area contributed by atoms with Crippen LogP contribution in [-0.2, 0) is 28.8 Å². The summed E-state index contributed by atoms with van der Waals surface area (Å²) >= 11 is 0. The lowest BCUT2D eigenvalue weighted by Gasteiger charge is -2.36. The van der Waals surface area contributed by atoms with Crippen LogP contribution in [0.1, 0.15) is 44.0 Å². The summed E-state index contributed by atoms with van der Waals surface area (Å²) < 4.78 is 51.8. The van der Waals surface area contributed by atoms with Gasteiger partial charge in [0.1, 0.15) is 12.9 Å². The number of ether oxygens (including phenoxy) is 1. The molecule has 0 radical (unpaired) electrons. The number of fused-ring (bicyclic) bond motifs is 2. The van der Waals surface area contributed by atoms with Crippen molar-refractivity contribution in [3.8, 4) is 0 Å². The summed E-state index contributed by atoms with van der Waals surface area (Å²) in [5.74, 6) is -0.395. The zero-order valence-corrected chi connectivity index (χ0v) is 21.6. The second-order valence-corrected chi connectivity index (χ2v) is 10.6. The molecule has 0 unspecified atom stereocenters. The van der Waals surface area contributed by atoms with E-state index >= 15 is 0 Å². The van der Waals surface area contributed by atoms with E-state index in [0.29, 0.717) is 29.6 Å². The lowest BCUT2D eigenvalue weighted by atomic mass is 9.74. The Labute approximate surface area is 225 Å². The van der Waals surface area contributed by atoms with Crippen molar-refractivity contribution < 1.29 is 22.7 Å². The fourth-order valence-corrected chi connectivity index (χ4v) is 5.39. The summed E-state index contributed by atoms with van der Waals surface area (Å²) in [5.41, 5.74) is -1.02. The topological polar surface area (TPSA) is 133 Å². The molecule has 0 atom stereocenters. The lowest BCUT2D eigenvalue weighted by Crippen LogP contribution is -2.41. The number of hydrogen-bond donors (Lipinski definition) is 2. The van der Waals surface area contributed by atoms with Gasteiger partial charge in [-0.05, 0) is 36.8 Å². The predicted molar refractivity (Wildman–Crippen MR) is 136 cm³/mol. The molecule has 6 heterocycles. The van der Waals surface area contributed by atoms with Crippen LogP contribution in [0.5, 0.6) is 0 Å². The van der Waals surface area contributed by atoms with Gasteiger partial charge in [0.15, 0.2) is 11.3 Å². The van der Waals surface area contributed by atoms with Crippen molar-refractivity contribution >= 4 is 28.6 Å². The van der Waals surface area contributed by atoms with E-state index in [4.69, 9.17) is 4.74 Å². The fraction of sp³-hybridized carbons (Fsp3) is 0.440. The number of anilines is 3. The molecule has 210 valence electrons. The van der Waals surface area contributed by atoms with Gasteiger partial charge in [-0.1, -0.05) is 13.8 Å². The number of nitrogens with zero attached hydrogens (tertiary/aromatic N) is 7. The number of amides is 1. The summed E-state index contributed by atoms with van der Waals surface area (Å²) in [5, 5.41) is 21.4. The molecule has 7 rings (SSSR count). The Morgan fingerprint density at radius 3 is 2.73 bits per heavy atom. The molecule has 0 spiro atoms. The van der Waals surface area contributed by atoms with Gasteiger partial charge in [-0.2, -0.15) is 23.4 Å². The highest BCUT2D eigenvalue weighted by atomic mass is 19.4. The van der Waals surface area contributed by atoms with Crippen molar-refractivity contribution in [3.63, 3.8) is 0 Å². The van der Waals surface area contributed by atoms with Gasteiger partial charge in [-0.25, -0.2) is 4.68 Å². The van der Waals surface area contributed by atoms with E-state index < -0.39 is 35.5 Å². The van der Waals surface area contributed by atoms with Crippen LogP contribution in [-0.4, -0.2) is 52.3 Å². The predicted octanol–water partition coefficient (Wildman–Crippen LogP) is 3.19. The van der Waals surface area contributed by atoms with Crippen molar-refractivity contribution in [2.75, 3.05) is 17.2 Å². The number of alkyl halides is 3. The average molecular weight is 558 g/mol. The van der Waals surface area contributed by atoms with E-state index in [9.17, 15) is 22.8 Å². The maximum Gasteiger partial charge on any atom is 0.435 e. The highest BCUT2D eigenvalue weighted by molar-refractivity contribution is 5.90. The molecule has 40 heavy (non-hydrogen) atoms. The molecule has 2 aliphatic heterocycles. The standard InChI is InChI=1S/C25H26F3N9O3/c1-14(2)22-17(32-18-8-30-37(23(18)25(26,27)28)12-24-6-15(7-24)11-40-24)5-21(39)36(34-22)10-20(38)31-16-3-4-19-33-29-13-35(19)9-16/h3-5,8-9,13-15,32H,6-7,10-12H2,1-2H3,(H,31,38). The number of hydrogen-bond acceptors (Lipinski definition) is 8. The Morgan fingerprint density at radius 1 is 1.23 bits per heavy atom. The van der Waals surface area contributed by atoms with Crippen molar-refractivity contribution in [3.05, 3.63) is 58.7 Å². The zero-order chi connectivity index (χ0) is 28.2. The molecule has 2 saturated heterocycles. The van der Waals surface area contributed by atoms with Crippen LogP contribution in [0, 0.1) is 5.92 Å². The second-order valence-electron chi connectivity index (χ2n) is 10.6. The molecule has 15 heteroatoms. The van der Waals surface area contributed by atoms with Gasteiger partial charge >= 0.3 is 6.18 Å². The van der Waals surface area contributed by atoms with Gasteiger partial charge in [0.2, 0.25) is 5.91 Å². The first-order valence-electron chi connectivity index (χ1n) is 12.7. The first-order valence-corrected chi connectivity index (χ1v) is 12.7. The van der Waals surface area contributed by atoms with Crippen LogP contribution in [0.4, 0.5) is 30.2 Å². The lowest BCUT2D eigenvalue weighted by molar-refractivity contribution is -0.145. The van der Waals surface area contributed by atoms with E-state index in [0.717, 1.165) is 34.5 Å². The van der Waals surface area contributed by atoms with E-state index in [1.807, 2.05) is 0 Å². The summed E-state index contributed by atoms with van der Waals surface area (Å²) in [6.07, 6.45) is 0.934. The van der Waals surface area contributed by atoms with Gasteiger partial charge in [0.25, 0.3) is 5.56 Å². The normalized spacial score (nSPS) is 20.2. The maximum absolute atomic E-state index is 14.2. The molecule has 3 aliphatic rings. The molecule has 4 aromatic heterocycles. The maximum atomic E-state index is 14.2. The Hall–Kier alpha value is -4.27. The summed E-state index contributed by atoms with van der Waals surface area (Å²) in [4.78, 5) is 25.6. The number of nitrogens with one attached hydrogen (secondary N) is 2. The van der Waals surface area contributed by atoms with Gasteiger partial charge in [-0.15, -0.1) is 10.2 Å². The van der Waals surface area contributed by atoms with Gasteiger partial charge in [-0.3, -0.25) is 18.7 Å². The quantitative estimate of drug-likeness (QED) is 0.338. The number of halogens is 3. The zero-order valence-electron chi connectivity index (χ0n) is 21.6. The van der Waals surface area contributed by atoms with Crippen LogP contribution in [0.3, 0.4) is 0 Å². The molecule has 2 N–H and O–H groups in total. The third-order valence-electron chi connectivity index (χ3n) is 7.20. The number of pyridine rings is 1. The summed E-state index contributed by atoms with van der Waals surface area (Å²) in [7, 11) is 0. The minimum absolute atomic E-state index is 0.00366. The molecule has 12 nitrogen and oxygen atoms in total. The largest absolute Gasteiger partial charge is 0.435 e. The molecule has 0 aromatic carbocycles. The molecular formula is C25H26F3N9O3. The Balaban J connectivity index is 1.24. The third-order valence-corrected chi connectivity index (χ3v) is 7.20.